The van der Waals surface area contributed by atoms with Crippen molar-refractivity contribution in [1.82, 2.24) is 10.6 Å². The van der Waals surface area contributed by atoms with Gasteiger partial charge in [-0.25, -0.2) is 0 Å². The molecule has 0 saturated carbocycles. The maximum absolute atomic E-state index is 13.6. The van der Waals surface area contributed by atoms with Crippen molar-refractivity contribution >= 4 is 23.5 Å². The Morgan fingerprint density at radius 1 is 0.780 bits per heavy atom. The topological polar surface area (TPSA) is 106 Å². The van der Waals surface area contributed by atoms with Gasteiger partial charge in [0, 0.05) is 11.8 Å². The van der Waals surface area contributed by atoms with E-state index in [1.807, 2.05) is 74.5 Å². The molecule has 218 valence electrons. The average molecular weight is 560 g/mol. The molecule has 8 nitrogen and oxygen atoms in total. The van der Waals surface area contributed by atoms with Gasteiger partial charge < -0.3 is 20.1 Å². The Kier molecular flexibility index (Phi) is 12.4. The zero-order valence-corrected chi connectivity index (χ0v) is 24.3. The number of carbonyl (C=O) groups is 3. The van der Waals surface area contributed by atoms with E-state index in [4.69, 9.17) is 9.47 Å². The Labute approximate surface area is 242 Å². The van der Waals surface area contributed by atoms with E-state index in [0.717, 1.165) is 11.1 Å². The van der Waals surface area contributed by atoms with Crippen molar-refractivity contribution in [3.8, 4) is 5.75 Å². The molecular formula is C33H41N3O5. The Morgan fingerprint density at radius 3 is 2.07 bits per heavy atom. The normalized spacial score (nSPS) is 13.1. The zero-order valence-electron chi connectivity index (χ0n) is 24.3. The van der Waals surface area contributed by atoms with Crippen LogP contribution in [0.2, 0.25) is 0 Å². The van der Waals surface area contributed by atoms with Gasteiger partial charge in [0.1, 0.15) is 24.4 Å². The predicted octanol–water partition coefficient (Wildman–Crippen LogP) is 4.89. The van der Waals surface area contributed by atoms with Crippen LogP contribution in [0, 0.1) is 5.92 Å². The minimum atomic E-state index is -0.768. The van der Waals surface area contributed by atoms with Crippen molar-refractivity contribution in [2.75, 3.05) is 12.4 Å². The molecule has 0 unspecified atom stereocenters. The van der Waals surface area contributed by atoms with Gasteiger partial charge in [-0.3, -0.25) is 19.7 Å². The second kappa shape index (κ2) is 16.2. The van der Waals surface area contributed by atoms with Crippen LogP contribution in [-0.4, -0.2) is 43.0 Å². The molecule has 0 spiro atoms. The summed E-state index contributed by atoms with van der Waals surface area (Å²) in [7, 11) is 1.56. The van der Waals surface area contributed by atoms with Gasteiger partial charge in [-0.2, -0.15) is 0 Å². The van der Waals surface area contributed by atoms with E-state index in [9.17, 15) is 14.4 Å². The van der Waals surface area contributed by atoms with Gasteiger partial charge in [0.2, 0.25) is 11.8 Å². The first-order chi connectivity index (χ1) is 19.7. The smallest absolute Gasteiger partial charge is 0.323 e. The summed E-state index contributed by atoms with van der Waals surface area (Å²) in [6.07, 6.45) is 1.49. The van der Waals surface area contributed by atoms with Gasteiger partial charge in [0.15, 0.2) is 0 Å². The molecule has 0 radical (unpaired) electrons. The third kappa shape index (κ3) is 10.7. The van der Waals surface area contributed by atoms with Crippen LogP contribution in [0.3, 0.4) is 0 Å². The van der Waals surface area contributed by atoms with Crippen LogP contribution in [-0.2, 0) is 32.1 Å². The number of hydrogen-bond donors (Lipinski definition) is 3. The summed E-state index contributed by atoms with van der Waals surface area (Å²) in [4.78, 5) is 39.7. The predicted molar refractivity (Wildman–Crippen MR) is 160 cm³/mol. The van der Waals surface area contributed by atoms with Crippen LogP contribution in [0.4, 0.5) is 5.69 Å². The highest BCUT2D eigenvalue weighted by atomic mass is 16.5. The van der Waals surface area contributed by atoms with Crippen molar-refractivity contribution < 1.29 is 23.9 Å². The molecule has 0 saturated heterocycles. The molecule has 41 heavy (non-hydrogen) atoms. The fourth-order valence-electron chi connectivity index (χ4n) is 4.37. The molecule has 0 fully saturated rings. The fourth-order valence-corrected chi connectivity index (χ4v) is 4.37. The van der Waals surface area contributed by atoms with Gasteiger partial charge in [-0.05, 0) is 55.4 Å². The maximum atomic E-state index is 13.6. The van der Waals surface area contributed by atoms with E-state index in [0.29, 0.717) is 30.7 Å². The minimum Gasteiger partial charge on any atom is -0.497 e. The van der Waals surface area contributed by atoms with Crippen molar-refractivity contribution in [3.05, 3.63) is 96.1 Å². The highest BCUT2D eigenvalue weighted by molar-refractivity contribution is 5.98. The second-order valence-electron chi connectivity index (χ2n) is 10.5. The number of methoxy groups -OCH3 is 1. The van der Waals surface area contributed by atoms with E-state index >= 15 is 0 Å². The monoisotopic (exact) mass is 559 g/mol. The number of aryl methyl sites for hydroxylation is 1. The van der Waals surface area contributed by atoms with Gasteiger partial charge >= 0.3 is 5.97 Å². The Bertz CT molecular complexity index is 1250. The van der Waals surface area contributed by atoms with E-state index < -0.39 is 24.1 Å². The molecule has 3 aromatic rings. The average Bonchev–Trinajstić information content (AvgIpc) is 2.98. The second-order valence-corrected chi connectivity index (χ2v) is 10.5. The molecule has 3 N–H and O–H groups in total. The number of anilines is 1. The summed E-state index contributed by atoms with van der Waals surface area (Å²) >= 11 is 0. The van der Waals surface area contributed by atoms with E-state index in [-0.39, 0.29) is 24.3 Å². The molecule has 0 aliphatic rings. The number of rotatable bonds is 15. The van der Waals surface area contributed by atoms with Crippen LogP contribution in [0.25, 0.3) is 0 Å². The summed E-state index contributed by atoms with van der Waals surface area (Å²) in [6.45, 7) is 5.81. The van der Waals surface area contributed by atoms with Crippen LogP contribution >= 0.6 is 0 Å². The number of ether oxygens (including phenoxy) is 2. The highest BCUT2D eigenvalue weighted by Gasteiger charge is 2.29. The summed E-state index contributed by atoms with van der Waals surface area (Å²) in [5.41, 5.74) is 2.52. The molecule has 3 aromatic carbocycles. The van der Waals surface area contributed by atoms with E-state index in [1.165, 1.54) is 0 Å². The summed E-state index contributed by atoms with van der Waals surface area (Å²) < 4.78 is 10.7. The molecule has 3 rings (SSSR count). The Morgan fingerprint density at radius 2 is 1.44 bits per heavy atom. The molecule has 0 aliphatic heterocycles. The van der Waals surface area contributed by atoms with Crippen LogP contribution < -0.4 is 20.7 Å². The quantitative estimate of drug-likeness (QED) is 0.229. The van der Waals surface area contributed by atoms with Crippen molar-refractivity contribution in [1.29, 1.82) is 0 Å². The largest absolute Gasteiger partial charge is 0.497 e. The lowest BCUT2D eigenvalue weighted by atomic mass is 10.0. The molecule has 2 amide bonds. The molecule has 0 aliphatic carbocycles. The number of carbonyl (C=O) groups excluding carboxylic acids is 3. The third-order valence-corrected chi connectivity index (χ3v) is 6.59. The zero-order chi connectivity index (χ0) is 29.6. The lowest BCUT2D eigenvalue weighted by Gasteiger charge is -2.26. The lowest BCUT2D eigenvalue weighted by Crippen LogP contribution is -2.54. The van der Waals surface area contributed by atoms with Crippen LogP contribution in [0.1, 0.15) is 44.7 Å². The van der Waals surface area contributed by atoms with Crippen molar-refractivity contribution in [3.63, 3.8) is 0 Å². The molecule has 0 aromatic heterocycles. The first-order valence-electron chi connectivity index (χ1n) is 14.0. The number of hydrogen-bond acceptors (Lipinski definition) is 6. The van der Waals surface area contributed by atoms with Gasteiger partial charge in [0.25, 0.3) is 0 Å². The Balaban J connectivity index is 1.70. The standard InChI is InChI=1S/C33H41N3O5/c1-23(2)20-30(32(38)35-27-16-11-17-28(21-27)40-4)36-31(37)29(19-18-25-12-7-5-8-13-25)34-24(3)33(39)41-22-26-14-9-6-10-15-26/h5-17,21,23-24,29-30,34H,18-20,22H2,1-4H3,(H,35,38)(H,36,37)/t24-,29+,30+/m1/s1. The van der Waals surface area contributed by atoms with Gasteiger partial charge in [-0.1, -0.05) is 80.6 Å². The summed E-state index contributed by atoms with van der Waals surface area (Å²) in [5, 5.41) is 8.98. The first kappa shape index (κ1) is 31.4. The number of nitrogens with one attached hydrogen (secondary N) is 3. The summed E-state index contributed by atoms with van der Waals surface area (Å²) in [6, 6.07) is 24.1. The first-order valence-corrected chi connectivity index (χ1v) is 14.0. The van der Waals surface area contributed by atoms with Crippen LogP contribution in [0.5, 0.6) is 5.75 Å². The molecule has 3 atom stereocenters. The molecule has 8 heteroatoms. The van der Waals surface area contributed by atoms with E-state index in [1.54, 1.807) is 38.3 Å². The molecular weight excluding hydrogens is 518 g/mol. The van der Waals surface area contributed by atoms with Gasteiger partial charge in [-0.15, -0.1) is 0 Å². The SMILES string of the molecule is COc1cccc(NC(=O)[C@H](CC(C)C)NC(=O)[C@H](CCc2ccccc2)N[C@H](C)C(=O)OCc2ccccc2)c1. The van der Waals surface area contributed by atoms with Crippen molar-refractivity contribution in [2.24, 2.45) is 5.92 Å². The molecule has 0 heterocycles. The number of esters is 1. The highest BCUT2D eigenvalue weighted by Crippen LogP contribution is 2.18. The molecule has 0 bridgehead atoms. The minimum absolute atomic E-state index is 0.146. The lowest BCUT2D eigenvalue weighted by molar-refractivity contribution is -0.147. The van der Waals surface area contributed by atoms with Crippen molar-refractivity contribution in [2.45, 2.75) is 64.8 Å². The van der Waals surface area contributed by atoms with Gasteiger partial charge in [0.05, 0.1) is 13.2 Å². The number of benzene rings is 3. The Hall–Kier alpha value is -4.17. The number of amides is 2. The maximum Gasteiger partial charge on any atom is 0.323 e. The fraction of sp³-hybridized carbons (Fsp3) is 0.364. The van der Waals surface area contributed by atoms with Crippen LogP contribution in [0.15, 0.2) is 84.9 Å². The summed E-state index contributed by atoms with van der Waals surface area (Å²) in [5.74, 6) is -0.363. The van der Waals surface area contributed by atoms with E-state index in [2.05, 4.69) is 16.0 Å². The third-order valence-electron chi connectivity index (χ3n) is 6.59.